The Hall–Kier alpha value is -0.560. The van der Waals surface area contributed by atoms with E-state index < -0.39 is 0 Å². The number of allylic oxidation sites excluding steroid dienone is 2. The van der Waals surface area contributed by atoms with Crippen LogP contribution in [0.3, 0.4) is 0 Å². The molecule has 1 N–H and O–H groups in total. The second kappa shape index (κ2) is 3.30. The number of rotatable bonds is 2. The summed E-state index contributed by atoms with van der Waals surface area (Å²) in [6.45, 7) is 5.79. The molecule has 0 heterocycles. The maximum Gasteiger partial charge on any atom is 0.0752 e. The number of aliphatic hydroxyl groups is 1. The van der Waals surface area contributed by atoms with Crippen LogP contribution in [-0.4, -0.2) is 11.2 Å². The molecule has 2 fully saturated rings. The smallest absolute Gasteiger partial charge is 0.0752 e. The molecule has 4 unspecified atom stereocenters. The predicted octanol–water partition coefficient (Wildman–Crippen LogP) is 2.53. The minimum absolute atomic E-state index is 0.287. The summed E-state index contributed by atoms with van der Waals surface area (Å²) in [5, 5.41) is 9.75. The fourth-order valence-electron chi connectivity index (χ4n) is 3.14. The first kappa shape index (κ1) is 9.01. The quantitative estimate of drug-likeness (QED) is 0.644. The molecule has 0 amide bonds. The van der Waals surface area contributed by atoms with E-state index in [1.807, 2.05) is 0 Å². The zero-order valence-corrected chi connectivity index (χ0v) is 8.24. The SMILES string of the molecule is C=CC(O)C1CC2CC(=CC)C1C2. The van der Waals surface area contributed by atoms with Gasteiger partial charge in [0.2, 0.25) is 0 Å². The van der Waals surface area contributed by atoms with E-state index in [0.717, 1.165) is 5.92 Å². The lowest BCUT2D eigenvalue weighted by Crippen LogP contribution is -2.24. The molecular weight excluding hydrogens is 160 g/mol. The van der Waals surface area contributed by atoms with E-state index in [4.69, 9.17) is 0 Å². The fourth-order valence-corrected chi connectivity index (χ4v) is 3.14. The molecule has 13 heavy (non-hydrogen) atoms. The fraction of sp³-hybridized carbons (Fsp3) is 0.667. The second-order valence-corrected chi connectivity index (χ2v) is 4.40. The highest BCUT2D eigenvalue weighted by atomic mass is 16.3. The van der Waals surface area contributed by atoms with E-state index >= 15 is 0 Å². The first-order valence-corrected chi connectivity index (χ1v) is 5.22. The van der Waals surface area contributed by atoms with E-state index in [1.165, 1.54) is 19.3 Å². The Balaban J connectivity index is 2.14. The maximum absolute atomic E-state index is 9.75. The molecule has 0 aromatic heterocycles. The van der Waals surface area contributed by atoms with Gasteiger partial charge < -0.3 is 5.11 Å². The van der Waals surface area contributed by atoms with E-state index in [1.54, 1.807) is 11.6 Å². The molecule has 2 rings (SSSR count). The van der Waals surface area contributed by atoms with Crippen LogP contribution in [0, 0.1) is 17.8 Å². The summed E-state index contributed by atoms with van der Waals surface area (Å²) in [4.78, 5) is 0. The van der Waals surface area contributed by atoms with Gasteiger partial charge in [0.25, 0.3) is 0 Å². The van der Waals surface area contributed by atoms with Crippen LogP contribution < -0.4 is 0 Å². The molecule has 2 bridgehead atoms. The Morgan fingerprint density at radius 2 is 2.31 bits per heavy atom. The summed E-state index contributed by atoms with van der Waals surface area (Å²) in [5.41, 5.74) is 1.57. The van der Waals surface area contributed by atoms with Gasteiger partial charge in [0.1, 0.15) is 0 Å². The first-order valence-electron chi connectivity index (χ1n) is 5.22. The summed E-state index contributed by atoms with van der Waals surface area (Å²) in [6.07, 6.45) is 7.43. The summed E-state index contributed by atoms with van der Waals surface area (Å²) < 4.78 is 0. The summed E-state index contributed by atoms with van der Waals surface area (Å²) in [5.74, 6) is 1.96. The lowest BCUT2D eigenvalue weighted by molar-refractivity contribution is 0.129. The van der Waals surface area contributed by atoms with Gasteiger partial charge in [-0.1, -0.05) is 17.7 Å². The molecule has 4 atom stereocenters. The molecule has 0 radical (unpaired) electrons. The minimum Gasteiger partial charge on any atom is -0.389 e. The van der Waals surface area contributed by atoms with E-state index in [9.17, 15) is 5.11 Å². The van der Waals surface area contributed by atoms with Crippen molar-refractivity contribution in [2.45, 2.75) is 32.3 Å². The van der Waals surface area contributed by atoms with Gasteiger partial charge in [-0.05, 0) is 43.9 Å². The van der Waals surface area contributed by atoms with Crippen LogP contribution in [0.25, 0.3) is 0 Å². The zero-order valence-electron chi connectivity index (χ0n) is 8.24. The molecule has 0 aromatic carbocycles. The average Bonchev–Trinajstić information content (AvgIpc) is 2.74. The topological polar surface area (TPSA) is 20.2 Å². The number of aliphatic hydroxyl groups excluding tert-OH is 1. The largest absolute Gasteiger partial charge is 0.389 e. The van der Waals surface area contributed by atoms with Gasteiger partial charge in [-0.2, -0.15) is 0 Å². The molecular formula is C12H18O. The van der Waals surface area contributed by atoms with E-state index in [-0.39, 0.29) is 6.10 Å². The highest BCUT2D eigenvalue weighted by Crippen LogP contribution is 2.52. The Kier molecular flexibility index (Phi) is 2.29. The van der Waals surface area contributed by atoms with Crippen LogP contribution in [0.15, 0.2) is 24.3 Å². The van der Waals surface area contributed by atoms with Gasteiger partial charge >= 0.3 is 0 Å². The average molecular weight is 178 g/mol. The monoisotopic (exact) mass is 178 g/mol. The van der Waals surface area contributed by atoms with E-state index in [2.05, 4.69) is 19.6 Å². The van der Waals surface area contributed by atoms with Crippen LogP contribution in [0.4, 0.5) is 0 Å². The third-order valence-corrected chi connectivity index (χ3v) is 3.76. The van der Waals surface area contributed by atoms with Crippen molar-refractivity contribution in [3.05, 3.63) is 24.3 Å². The number of hydrogen-bond donors (Lipinski definition) is 1. The van der Waals surface area contributed by atoms with Crippen molar-refractivity contribution in [3.63, 3.8) is 0 Å². The van der Waals surface area contributed by atoms with Gasteiger partial charge in [-0.25, -0.2) is 0 Å². The maximum atomic E-state index is 9.75. The van der Waals surface area contributed by atoms with Gasteiger partial charge in [-0.15, -0.1) is 6.58 Å². The summed E-state index contributed by atoms with van der Waals surface area (Å²) >= 11 is 0. The van der Waals surface area contributed by atoms with Crippen molar-refractivity contribution < 1.29 is 5.11 Å². The minimum atomic E-state index is -0.287. The lowest BCUT2D eigenvalue weighted by atomic mass is 9.81. The van der Waals surface area contributed by atoms with Crippen molar-refractivity contribution >= 4 is 0 Å². The molecule has 2 aliphatic rings. The van der Waals surface area contributed by atoms with Crippen LogP contribution >= 0.6 is 0 Å². The highest BCUT2D eigenvalue weighted by molar-refractivity contribution is 5.19. The highest BCUT2D eigenvalue weighted by Gasteiger charge is 2.44. The van der Waals surface area contributed by atoms with Gasteiger partial charge in [0.15, 0.2) is 0 Å². The van der Waals surface area contributed by atoms with Crippen LogP contribution in [0.2, 0.25) is 0 Å². The van der Waals surface area contributed by atoms with Crippen molar-refractivity contribution in [3.8, 4) is 0 Å². The van der Waals surface area contributed by atoms with Gasteiger partial charge in [-0.3, -0.25) is 0 Å². The summed E-state index contributed by atoms with van der Waals surface area (Å²) in [6, 6.07) is 0. The first-order chi connectivity index (χ1) is 6.26. The molecule has 0 spiro atoms. The molecule has 2 aliphatic carbocycles. The van der Waals surface area contributed by atoms with Crippen molar-refractivity contribution in [2.75, 3.05) is 0 Å². The van der Waals surface area contributed by atoms with Crippen molar-refractivity contribution in [1.82, 2.24) is 0 Å². The van der Waals surface area contributed by atoms with Crippen LogP contribution in [0.1, 0.15) is 26.2 Å². The third kappa shape index (κ3) is 1.35. The molecule has 72 valence electrons. The zero-order chi connectivity index (χ0) is 9.42. The number of hydrogen-bond acceptors (Lipinski definition) is 1. The number of fused-ring (bicyclic) bond motifs is 2. The second-order valence-electron chi connectivity index (χ2n) is 4.40. The standard InChI is InChI=1S/C12H18O/c1-3-9-5-8-6-10(9)11(7-8)12(13)4-2/h3-4,8,10-13H,2,5-7H2,1H3. The van der Waals surface area contributed by atoms with Crippen molar-refractivity contribution in [2.24, 2.45) is 17.8 Å². The Labute approximate surface area is 80.2 Å². The molecule has 0 saturated heterocycles. The lowest BCUT2D eigenvalue weighted by Gasteiger charge is -2.26. The Bertz CT molecular complexity index is 242. The van der Waals surface area contributed by atoms with E-state index in [0.29, 0.717) is 11.8 Å². The summed E-state index contributed by atoms with van der Waals surface area (Å²) in [7, 11) is 0. The molecule has 0 aromatic rings. The molecule has 2 saturated carbocycles. The van der Waals surface area contributed by atoms with Crippen LogP contribution in [-0.2, 0) is 0 Å². The third-order valence-electron chi connectivity index (χ3n) is 3.76. The molecule has 1 heteroatoms. The Morgan fingerprint density at radius 3 is 2.85 bits per heavy atom. The Morgan fingerprint density at radius 1 is 1.54 bits per heavy atom. The predicted molar refractivity (Wildman–Crippen MR) is 54.3 cm³/mol. The van der Waals surface area contributed by atoms with Crippen molar-refractivity contribution in [1.29, 1.82) is 0 Å². The normalized spacial score (nSPS) is 42.6. The van der Waals surface area contributed by atoms with Gasteiger partial charge in [0.05, 0.1) is 6.10 Å². The molecule has 1 nitrogen and oxygen atoms in total. The molecule has 0 aliphatic heterocycles. The van der Waals surface area contributed by atoms with Crippen LogP contribution in [0.5, 0.6) is 0 Å². The van der Waals surface area contributed by atoms with Gasteiger partial charge in [0, 0.05) is 0 Å².